The smallest absolute Gasteiger partial charge is 0.323 e. The van der Waals surface area contributed by atoms with Gasteiger partial charge < -0.3 is 9.84 Å². The van der Waals surface area contributed by atoms with Crippen LogP contribution in [0, 0.1) is 0 Å². The van der Waals surface area contributed by atoms with Crippen molar-refractivity contribution in [3.05, 3.63) is 0 Å². The Bertz CT molecular complexity index is 222. The SMILES string of the molecule is COC(=O)C1CCC(O)N1C(C)(C)C. The Morgan fingerprint density at radius 2 is 2.00 bits per heavy atom. The molecular weight excluding hydrogens is 182 g/mol. The molecule has 1 N–H and O–H groups in total. The normalized spacial score (nSPS) is 29.2. The number of carbonyl (C=O) groups is 1. The molecule has 1 aliphatic heterocycles. The molecule has 1 aliphatic rings. The van der Waals surface area contributed by atoms with Gasteiger partial charge in [0.2, 0.25) is 0 Å². The van der Waals surface area contributed by atoms with Crippen LogP contribution in [0.5, 0.6) is 0 Å². The van der Waals surface area contributed by atoms with E-state index in [4.69, 9.17) is 4.74 Å². The van der Waals surface area contributed by atoms with Gasteiger partial charge in [0.1, 0.15) is 12.3 Å². The molecule has 2 atom stereocenters. The molecule has 0 aromatic rings. The number of hydrogen-bond donors (Lipinski definition) is 1. The van der Waals surface area contributed by atoms with E-state index in [1.807, 2.05) is 25.7 Å². The maximum atomic E-state index is 11.4. The molecule has 1 fully saturated rings. The van der Waals surface area contributed by atoms with E-state index in [2.05, 4.69) is 0 Å². The molecular formula is C10H19NO3. The Morgan fingerprint density at radius 1 is 1.43 bits per heavy atom. The maximum Gasteiger partial charge on any atom is 0.323 e. The van der Waals surface area contributed by atoms with Crippen molar-refractivity contribution in [2.45, 2.75) is 51.4 Å². The van der Waals surface area contributed by atoms with E-state index in [0.29, 0.717) is 12.8 Å². The van der Waals surface area contributed by atoms with E-state index < -0.39 is 6.23 Å². The van der Waals surface area contributed by atoms with E-state index in [0.717, 1.165) is 0 Å². The average molecular weight is 201 g/mol. The highest BCUT2D eigenvalue weighted by Gasteiger charge is 2.43. The molecule has 0 amide bonds. The van der Waals surface area contributed by atoms with Crippen LogP contribution in [0.3, 0.4) is 0 Å². The van der Waals surface area contributed by atoms with Crippen molar-refractivity contribution in [2.75, 3.05) is 7.11 Å². The van der Waals surface area contributed by atoms with E-state index in [-0.39, 0.29) is 17.6 Å². The quantitative estimate of drug-likeness (QED) is 0.636. The van der Waals surface area contributed by atoms with Gasteiger partial charge in [-0.1, -0.05) is 0 Å². The third-order valence-corrected chi connectivity index (χ3v) is 2.60. The summed E-state index contributed by atoms with van der Waals surface area (Å²) in [6.07, 6.45) is 0.779. The van der Waals surface area contributed by atoms with Crippen molar-refractivity contribution in [3.63, 3.8) is 0 Å². The fourth-order valence-corrected chi connectivity index (χ4v) is 2.07. The van der Waals surface area contributed by atoms with E-state index >= 15 is 0 Å². The Morgan fingerprint density at radius 3 is 2.43 bits per heavy atom. The molecule has 0 bridgehead atoms. The first-order valence-corrected chi connectivity index (χ1v) is 4.92. The summed E-state index contributed by atoms with van der Waals surface area (Å²) in [5.74, 6) is -0.253. The summed E-state index contributed by atoms with van der Waals surface area (Å²) in [7, 11) is 1.38. The van der Waals surface area contributed by atoms with Gasteiger partial charge in [0, 0.05) is 5.54 Å². The van der Waals surface area contributed by atoms with Crippen LogP contribution in [0.15, 0.2) is 0 Å². The fraction of sp³-hybridized carbons (Fsp3) is 0.900. The number of rotatable bonds is 1. The molecule has 0 saturated carbocycles. The largest absolute Gasteiger partial charge is 0.468 e. The lowest BCUT2D eigenvalue weighted by molar-refractivity contribution is -0.152. The Kier molecular flexibility index (Phi) is 3.17. The van der Waals surface area contributed by atoms with Crippen molar-refractivity contribution < 1.29 is 14.6 Å². The van der Waals surface area contributed by atoms with Gasteiger partial charge in [-0.25, -0.2) is 0 Å². The van der Waals surface area contributed by atoms with Gasteiger partial charge in [0.05, 0.1) is 7.11 Å². The monoisotopic (exact) mass is 201 g/mol. The van der Waals surface area contributed by atoms with Crippen LogP contribution < -0.4 is 0 Å². The average Bonchev–Trinajstić information content (AvgIpc) is 2.44. The lowest BCUT2D eigenvalue weighted by Crippen LogP contribution is -2.52. The Labute approximate surface area is 84.8 Å². The lowest BCUT2D eigenvalue weighted by atomic mass is 10.0. The molecule has 14 heavy (non-hydrogen) atoms. The highest BCUT2D eigenvalue weighted by molar-refractivity contribution is 5.76. The minimum Gasteiger partial charge on any atom is -0.468 e. The first-order valence-electron chi connectivity index (χ1n) is 4.92. The number of aliphatic hydroxyl groups excluding tert-OH is 1. The summed E-state index contributed by atoms with van der Waals surface area (Å²) in [5, 5.41) is 9.76. The number of aliphatic hydroxyl groups is 1. The molecule has 2 unspecified atom stereocenters. The second-order valence-corrected chi connectivity index (χ2v) is 4.68. The molecule has 0 spiro atoms. The van der Waals surface area contributed by atoms with Crippen molar-refractivity contribution >= 4 is 5.97 Å². The Balaban J connectivity index is 2.82. The summed E-state index contributed by atoms with van der Waals surface area (Å²) in [6.45, 7) is 5.95. The molecule has 0 aromatic carbocycles. The third-order valence-electron chi connectivity index (χ3n) is 2.60. The van der Waals surface area contributed by atoms with Crippen LogP contribution in [0.4, 0.5) is 0 Å². The van der Waals surface area contributed by atoms with E-state index in [1.54, 1.807) is 0 Å². The van der Waals surface area contributed by atoms with Crippen molar-refractivity contribution in [3.8, 4) is 0 Å². The van der Waals surface area contributed by atoms with Gasteiger partial charge in [-0.15, -0.1) is 0 Å². The van der Waals surface area contributed by atoms with Gasteiger partial charge >= 0.3 is 5.97 Å². The third kappa shape index (κ3) is 2.07. The minimum atomic E-state index is -0.529. The van der Waals surface area contributed by atoms with Crippen LogP contribution in [-0.2, 0) is 9.53 Å². The molecule has 0 aliphatic carbocycles. The molecule has 1 saturated heterocycles. The summed E-state index contributed by atoms with van der Waals surface area (Å²) in [4.78, 5) is 13.3. The van der Waals surface area contributed by atoms with Crippen LogP contribution in [0.2, 0.25) is 0 Å². The first kappa shape index (κ1) is 11.5. The number of likely N-dealkylation sites (tertiary alicyclic amines) is 1. The van der Waals surface area contributed by atoms with Gasteiger partial charge in [-0.2, -0.15) is 0 Å². The molecule has 4 heteroatoms. The molecule has 0 aromatic heterocycles. The number of hydrogen-bond acceptors (Lipinski definition) is 4. The number of methoxy groups -OCH3 is 1. The summed E-state index contributed by atoms with van der Waals surface area (Å²) in [6, 6.07) is -0.296. The summed E-state index contributed by atoms with van der Waals surface area (Å²) in [5.41, 5.74) is -0.214. The first-order chi connectivity index (χ1) is 6.38. The molecule has 1 rings (SSSR count). The van der Waals surface area contributed by atoms with Crippen LogP contribution >= 0.6 is 0 Å². The standard InChI is InChI=1S/C10H19NO3/c1-10(2,3)11-7(9(13)14-4)5-6-8(11)12/h7-8,12H,5-6H2,1-4H3. The molecule has 0 radical (unpaired) electrons. The fourth-order valence-electron chi connectivity index (χ4n) is 2.07. The zero-order valence-corrected chi connectivity index (χ0v) is 9.28. The lowest BCUT2D eigenvalue weighted by Gasteiger charge is -2.37. The van der Waals surface area contributed by atoms with Crippen molar-refractivity contribution in [1.29, 1.82) is 0 Å². The number of carbonyl (C=O) groups excluding carboxylic acids is 1. The van der Waals surface area contributed by atoms with Crippen LogP contribution in [0.1, 0.15) is 33.6 Å². The van der Waals surface area contributed by atoms with Gasteiger partial charge in [-0.05, 0) is 33.6 Å². The molecule has 82 valence electrons. The summed E-state index contributed by atoms with van der Waals surface area (Å²) >= 11 is 0. The predicted octanol–water partition coefficient (Wildman–Crippen LogP) is 0.741. The second kappa shape index (κ2) is 3.87. The predicted molar refractivity (Wildman–Crippen MR) is 52.6 cm³/mol. The van der Waals surface area contributed by atoms with E-state index in [9.17, 15) is 9.90 Å². The topological polar surface area (TPSA) is 49.8 Å². The molecule has 4 nitrogen and oxygen atoms in total. The van der Waals surface area contributed by atoms with Crippen LogP contribution in [0.25, 0.3) is 0 Å². The zero-order chi connectivity index (χ0) is 10.9. The second-order valence-electron chi connectivity index (χ2n) is 4.68. The zero-order valence-electron chi connectivity index (χ0n) is 9.28. The number of ether oxygens (including phenoxy) is 1. The van der Waals surface area contributed by atoms with Crippen molar-refractivity contribution in [1.82, 2.24) is 4.90 Å². The Hall–Kier alpha value is -0.610. The number of esters is 1. The van der Waals surface area contributed by atoms with Gasteiger partial charge in [-0.3, -0.25) is 9.69 Å². The molecule has 1 heterocycles. The van der Waals surface area contributed by atoms with Crippen LogP contribution in [-0.4, -0.2) is 40.9 Å². The van der Waals surface area contributed by atoms with E-state index in [1.165, 1.54) is 7.11 Å². The minimum absolute atomic E-state index is 0.214. The highest BCUT2D eigenvalue weighted by Crippen LogP contribution is 2.30. The highest BCUT2D eigenvalue weighted by atomic mass is 16.5. The number of nitrogens with zero attached hydrogens (tertiary/aromatic N) is 1. The van der Waals surface area contributed by atoms with Crippen molar-refractivity contribution in [2.24, 2.45) is 0 Å². The summed E-state index contributed by atoms with van der Waals surface area (Å²) < 4.78 is 4.72. The van der Waals surface area contributed by atoms with Gasteiger partial charge in [0.15, 0.2) is 0 Å². The maximum absolute atomic E-state index is 11.4. The van der Waals surface area contributed by atoms with Gasteiger partial charge in [0.25, 0.3) is 0 Å².